The zero-order valence-electron chi connectivity index (χ0n) is 10.4. The standard InChI is InChI=1S/C11H19N5O/c1-3-9-11(17)12-5-4-6-16(9)7-10-13-8-14-15(10)2/h8-9H,3-7H2,1-2H3,(H,12,17)/t9-/m0/s1. The lowest BCUT2D eigenvalue weighted by Crippen LogP contribution is -2.43. The van der Waals surface area contributed by atoms with Crippen molar-refractivity contribution in [3.8, 4) is 0 Å². The number of rotatable bonds is 3. The van der Waals surface area contributed by atoms with Crippen LogP contribution in [-0.2, 0) is 18.4 Å². The number of carbonyl (C=O) groups excluding carboxylic acids is 1. The van der Waals surface area contributed by atoms with Crippen LogP contribution < -0.4 is 5.32 Å². The van der Waals surface area contributed by atoms with Gasteiger partial charge in [-0.25, -0.2) is 4.98 Å². The van der Waals surface area contributed by atoms with Crippen molar-refractivity contribution in [3.63, 3.8) is 0 Å². The first-order valence-electron chi connectivity index (χ1n) is 6.07. The highest BCUT2D eigenvalue weighted by Gasteiger charge is 2.27. The monoisotopic (exact) mass is 237 g/mol. The van der Waals surface area contributed by atoms with Gasteiger partial charge in [-0.05, 0) is 12.8 Å². The molecule has 1 aliphatic heterocycles. The van der Waals surface area contributed by atoms with Crippen molar-refractivity contribution < 1.29 is 4.79 Å². The summed E-state index contributed by atoms with van der Waals surface area (Å²) < 4.78 is 1.76. The summed E-state index contributed by atoms with van der Waals surface area (Å²) in [5.74, 6) is 1.03. The Balaban J connectivity index is 2.11. The van der Waals surface area contributed by atoms with Crippen molar-refractivity contribution in [2.24, 2.45) is 7.05 Å². The number of nitrogens with zero attached hydrogens (tertiary/aromatic N) is 4. The Hall–Kier alpha value is -1.43. The van der Waals surface area contributed by atoms with Crippen molar-refractivity contribution in [2.45, 2.75) is 32.4 Å². The maximum absolute atomic E-state index is 11.9. The number of hydrogen-bond acceptors (Lipinski definition) is 4. The van der Waals surface area contributed by atoms with E-state index in [1.807, 2.05) is 14.0 Å². The molecule has 0 radical (unpaired) electrons. The van der Waals surface area contributed by atoms with E-state index in [2.05, 4.69) is 20.3 Å². The molecular formula is C11H19N5O. The maximum atomic E-state index is 11.9. The molecule has 1 aromatic heterocycles. The second-order valence-corrected chi connectivity index (χ2v) is 4.34. The number of amides is 1. The molecule has 17 heavy (non-hydrogen) atoms. The Morgan fingerprint density at radius 2 is 2.41 bits per heavy atom. The van der Waals surface area contributed by atoms with Crippen LogP contribution in [0.3, 0.4) is 0 Å². The summed E-state index contributed by atoms with van der Waals surface area (Å²) in [6.45, 7) is 4.41. The average molecular weight is 237 g/mol. The lowest BCUT2D eigenvalue weighted by molar-refractivity contribution is -0.125. The predicted molar refractivity (Wildman–Crippen MR) is 63.1 cm³/mol. The van der Waals surface area contributed by atoms with Crippen LogP contribution in [0.15, 0.2) is 6.33 Å². The molecule has 1 aliphatic rings. The molecule has 94 valence electrons. The van der Waals surface area contributed by atoms with Gasteiger partial charge in [0.25, 0.3) is 0 Å². The van der Waals surface area contributed by atoms with Crippen LogP contribution in [0.2, 0.25) is 0 Å². The van der Waals surface area contributed by atoms with Crippen molar-refractivity contribution in [2.75, 3.05) is 13.1 Å². The van der Waals surface area contributed by atoms with Gasteiger partial charge in [-0.3, -0.25) is 14.4 Å². The van der Waals surface area contributed by atoms with Crippen LogP contribution in [0.1, 0.15) is 25.6 Å². The third-order valence-electron chi connectivity index (χ3n) is 3.20. The maximum Gasteiger partial charge on any atom is 0.237 e. The molecule has 1 aromatic rings. The van der Waals surface area contributed by atoms with Crippen molar-refractivity contribution >= 4 is 5.91 Å². The second-order valence-electron chi connectivity index (χ2n) is 4.34. The number of carbonyl (C=O) groups is 1. The third kappa shape index (κ3) is 2.63. The predicted octanol–water partition coefficient (Wildman–Crippen LogP) is -0.0844. The molecule has 1 N–H and O–H groups in total. The molecule has 0 bridgehead atoms. The fourth-order valence-electron chi connectivity index (χ4n) is 2.21. The summed E-state index contributed by atoms with van der Waals surface area (Å²) in [6, 6.07) is -0.0470. The summed E-state index contributed by atoms with van der Waals surface area (Å²) >= 11 is 0. The number of nitrogens with one attached hydrogen (secondary N) is 1. The molecule has 1 fully saturated rings. The third-order valence-corrected chi connectivity index (χ3v) is 3.20. The van der Waals surface area contributed by atoms with Crippen molar-refractivity contribution in [1.29, 1.82) is 0 Å². The van der Waals surface area contributed by atoms with E-state index in [1.54, 1.807) is 11.0 Å². The molecule has 0 aliphatic carbocycles. The molecule has 2 heterocycles. The minimum Gasteiger partial charge on any atom is -0.355 e. The van der Waals surface area contributed by atoms with E-state index in [0.29, 0.717) is 6.54 Å². The van der Waals surface area contributed by atoms with Gasteiger partial charge in [0.2, 0.25) is 5.91 Å². The first-order chi connectivity index (χ1) is 8.22. The Morgan fingerprint density at radius 3 is 3.06 bits per heavy atom. The van der Waals surface area contributed by atoms with Gasteiger partial charge in [-0.2, -0.15) is 5.10 Å². The first-order valence-corrected chi connectivity index (χ1v) is 6.07. The average Bonchev–Trinajstić information content (AvgIpc) is 2.61. The van der Waals surface area contributed by atoms with E-state index >= 15 is 0 Å². The SMILES string of the molecule is CC[C@H]1C(=O)NCCCN1Cc1ncnn1C. The van der Waals surface area contributed by atoms with E-state index in [-0.39, 0.29) is 11.9 Å². The molecule has 0 spiro atoms. The first kappa shape index (κ1) is 12.0. The van der Waals surface area contributed by atoms with Gasteiger partial charge in [-0.15, -0.1) is 0 Å². The summed E-state index contributed by atoms with van der Waals surface area (Å²) in [5.41, 5.74) is 0. The molecule has 0 saturated carbocycles. The van der Waals surface area contributed by atoms with E-state index in [9.17, 15) is 4.79 Å². The minimum absolute atomic E-state index is 0.0470. The topological polar surface area (TPSA) is 63.1 Å². The van der Waals surface area contributed by atoms with Crippen LogP contribution in [0.25, 0.3) is 0 Å². The normalized spacial score (nSPS) is 22.2. The van der Waals surface area contributed by atoms with Crippen molar-refractivity contribution in [3.05, 3.63) is 12.2 Å². The van der Waals surface area contributed by atoms with E-state index in [1.165, 1.54) is 0 Å². The fourth-order valence-corrected chi connectivity index (χ4v) is 2.21. The summed E-state index contributed by atoms with van der Waals surface area (Å²) in [4.78, 5) is 18.3. The second kappa shape index (κ2) is 5.27. The Morgan fingerprint density at radius 1 is 1.59 bits per heavy atom. The Labute approximate surface area is 101 Å². The quantitative estimate of drug-likeness (QED) is 0.798. The summed E-state index contributed by atoms with van der Waals surface area (Å²) in [5, 5.41) is 7.00. The molecule has 1 atom stereocenters. The van der Waals surface area contributed by atoms with Crippen LogP contribution >= 0.6 is 0 Å². The van der Waals surface area contributed by atoms with Gasteiger partial charge < -0.3 is 5.32 Å². The lowest BCUT2D eigenvalue weighted by Gasteiger charge is -2.26. The molecule has 6 nitrogen and oxygen atoms in total. The van der Waals surface area contributed by atoms with Crippen LogP contribution in [0.4, 0.5) is 0 Å². The van der Waals surface area contributed by atoms with Crippen molar-refractivity contribution in [1.82, 2.24) is 25.0 Å². The van der Waals surface area contributed by atoms with Gasteiger partial charge in [-0.1, -0.05) is 6.92 Å². The van der Waals surface area contributed by atoms with Crippen LogP contribution in [0, 0.1) is 0 Å². The van der Waals surface area contributed by atoms with E-state index in [0.717, 1.165) is 31.8 Å². The van der Waals surface area contributed by atoms with Gasteiger partial charge in [0.15, 0.2) is 0 Å². The number of aryl methyl sites for hydroxylation is 1. The summed E-state index contributed by atoms with van der Waals surface area (Å²) in [6.07, 6.45) is 3.36. The highest BCUT2D eigenvalue weighted by Crippen LogP contribution is 2.12. The van der Waals surface area contributed by atoms with Crippen LogP contribution in [-0.4, -0.2) is 44.7 Å². The summed E-state index contributed by atoms with van der Waals surface area (Å²) in [7, 11) is 1.88. The molecule has 2 rings (SSSR count). The molecule has 1 amide bonds. The highest BCUT2D eigenvalue weighted by molar-refractivity contribution is 5.81. The van der Waals surface area contributed by atoms with E-state index in [4.69, 9.17) is 0 Å². The zero-order chi connectivity index (χ0) is 12.3. The molecule has 0 aromatic carbocycles. The number of hydrogen-bond donors (Lipinski definition) is 1. The van der Waals surface area contributed by atoms with Gasteiger partial charge in [0.05, 0.1) is 12.6 Å². The molecular weight excluding hydrogens is 218 g/mol. The molecule has 0 unspecified atom stereocenters. The van der Waals surface area contributed by atoms with Gasteiger partial charge in [0.1, 0.15) is 12.2 Å². The lowest BCUT2D eigenvalue weighted by atomic mass is 10.2. The Bertz CT molecular complexity index is 389. The Kier molecular flexibility index (Phi) is 3.73. The molecule has 1 saturated heterocycles. The molecule has 6 heteroatoms. The van der Waals surface area contributed by atoms with Gasteiger partial charge >= 0.3 is 0 Å². The van der Waals surface area contributed by atoms with Crippen LogP contribution in [0.5, 0.6) is 0 Å². The fraction of sp³-hybridized carbons (Fsp3) is 0.727. The zero-order valence-corrected chi connectivity index (χ0v) is 10.4. The number of aromatic nitrogens is 3. The highest BCUT2D eigenvalue weighted by atomic mass is 16.2. The van der Waals surface area contributed by atoms with E-state index < -0.39 is 0 Å². The largest absolute Gasteiger partial charge is 0.355 e. The van der Waals surface area contributed by atoms with Gasteiger partial charge in [0, 0.05) is 20.1 Å². The smallest absolute Gasteiger partial charge is 0.237 e. The minimum atomic E-state index is -0.0470.